The van der Waals surface area contributed by atoms with Gasteiger partial charge in [-0.1, -0.05) is 18.2 Å². The smallest absolute Gasteiger partial charge is 0.267 e. The van der Waals surface area contributed by atoms with Crippen LogP contribution < -0.4 is 14.8 Å². The second-order valence-corrected chi connectivity index (χ2v) is 8.73. The molecule has 2 unspecified atom stereocenters. The van der Waals surface area contributed by atoms with E-state index < -0.39 is 6.10 Å². The van der Waals surface area contributed by atoms with Crippen LogP contribution in [0.3, 0.4) is 0 Å². The first-order chi connectivity index (χ1) is 15.6. The third-order valence-corrected chi connectivity index (χ3v) is 6.70. The highest BCUT2D eigenvalue weighted by Crippen LogP contribution is 2.31. The van der Waals surface area contributed by atoms with Crippen LogP contribution in [0.1, 0.15) is 24.5 Å². The Hall–Kier alpha value is -3.06. The van der Waals surface area contributed by atoms with Gasteiger partial charge in [-0.25, -0.2) is 0 Å². The number of hydrogen-bond donors (Lipinski definition) is 1. The number of nitrogens with one attached hydrogen (secondary N) is 1. The highest BCUT2D eigenvalue weighted by atomic mass is 16.6. The average molecular weight is 436 g/mol. The molecule has 2 aliphatic heterocycles. The average Bonchev–Trinajstić information content (AvgIpc) is 3.31. The van der Waals surface area contributed by atoms with Gasteiger partial charge in [0.15, 0.2) is 11.5 Å². The quantitative estimate of drug-likeness (QED) is 0.799. The van der Waals surface area contributed by atoms with Crippen molar-refractivity contribution in [1.29, 1.82) is 0 Å². The summed E-state index contributed by atoms with van der Waals surface area (Å²) in [5, 5.41) is 3.07. The van der Waals surface area contributed by atoms with Gasteiger partial charge < -0.3 is 19.7 Å². The summed E-state index contributed by atoms with van der Waals surface area (Å²) in [5.74, 6) is 1.20. The van der Waals surface area contributed by atoms with Crippen molar-refractivity contribution in [2.45, 2.75) is 38.3 Å². The Morgan fingerprint density at radius 3 is 2.56 bits per heavy atom. The van der Waals surface area contributed by atoms with E-state index >= 15 is 0 Å². The fourth-order valence-corrected chi connectivity index (χ4v) is 4.74. The summed E-state index contributed by atoms with van der Waals surface area (Å²) in [5.41, 5.74) is 3.61. The molecule has 0 saturated carbocycles. The number of nitrogens with zero attached hydrogens (tertiary/aromatic N) is 2. The van der Waals surface area contributed by atoms with E-state index in [1.54, 1.807) is 0 Å². The topological polar surface area (TPSA) is 71.1 Å². The first-order valence-corrected chi connectivity index (χ1v) is 11.4. The number of carbonyl (C=O) groups is 2. The number of aryl methyl sites for hydroxylation is 2. The van der Waals surface area contributed by atoms with Crippen molar-refractivity contribution in [3.63, 3.8) is 0 Å². The van der Waals surface area contributed by atoms with Crippen LogP contribution in [0.4, 0.5) is 5.69 Å². The van der Waals surface area contributed by atoms with Crippen LogP contribution in [0.25, 0.3) is 0 Å². The lowest BCUT2D eigenvalue weighted by Gasteiger charge is -2.39. The lowest BCUT2D eigenvalue weighted by atomic mass is 10.1. The predicted octanol–water partition coefficient (Wildman–Crippen LogP) is 2.49. The Balaban J connectivity index is 1.13. The monoisotopic (exact) mass is 435 g/mol. The molecule has 5 rings (SSSR count). The second kappa shape index (κ2) is 8.82. The zero-order chi connectivity index (χ0) is 22.1. The maximum atomic E-state index is 12.9. The number of ether oxygens (including phenoxy) is 2. The van der Waals surface area contributed by atoms with Crippen molar-refractivity contribution in [3.8, 4) is 11.5 Å². The van der Waals surface area contributed by atoms with Crippen molar-refractivity contribution < 1.29 is 19.1 Å². The fraction of sp³-hybridized carbons (Fsp3) is 0.440. The maximum Gasteiger partial charge on any atom is 0.267 e. The van der Waals surface area contributed by atoms with Crippen LogP contribution >= 0.6 is 0 Å². The van der Waals surface area contributed by atoms with E-state index in [1.807, 2.05) is 42.2 Å². The molecule has 3 aliphatic rings. The summed E-state index contributed by atoms with van der Waals surface area (Å²) in [6, 6.07) is 13.4. The van der Waals surface area contributed by atoms with Gasteiger partial charge in [-0.15, -0.1) is 0 Å². The molecule has 7 nitrogen and oxygen atoms in total. The van der Waals surface area contributed by atoms with E-state index in [2.05, 4.69) is 22.3 Å². The van der Waals surface area contributed by atoms with E-state index in [9.17, 15) is 9.59 Å². The van der Waals surface area contributed by atoms with Gasteiger partial charge in [-0.05, 0) is 61.6 Å². The molecule has 1 saturated heterocycles. The minimum Gasteiger partial charge on any atom is -0.485 e. The molecule has 0 spiro atoms. The highest BCUT2D eigenvalue weighted by Gasteiger charge is 2.34. The van der Waals surface area contributed by atoms with Gasteiger partial charge >= 0.3 is 0 Å². The Morgan fingerprint density at radius 1 is 1.00 bits per heavy atom. The van der Waals surface area contributed by atoms with Crippen molar-refractivity contribution >= 4 is 17.5 Å². The SMILES string of the molecule is CC(C(=O)Nc1ccc2c(c1)CCC2)N1CCN(C(=O)C2COc3ccccc3O2)CC1. The summed E-state index contributed by atoms with van der Waals surface area (Å²) >= 11 is 0. The maximum absolute atomic E-state index is 12.9. The standard InChI is InChI=1S/C25H29N3O4/c1-17(24(29)26-20-10-9-18-5-4-6-19(18)15-20)27-11-13-28(14-12-27)25(30)23-16-31-21-7-2-3-8-22(21)32-23/h2-3,7-10,15,17,23H,4-6,11-14,16H2,1H3,(H,26,29). The molecule has 2 heterocycles. The number of benzene rings is 2. The van der Waals surface area contributed by atoms with E-state index in [-0.39, 0.29) is 24.5 Å². The van der Waals surface area contributed by atoms with Crippen LogP contribution in [-0.4, -0.2) is 66.5 Å². The zero-order valence-electron chi connectivity index (χ0n) is 18.4. The van der Waals surface area contributed by atoms with Crippen molar-refractivity contribution in [1.82, 2.24) is 9.80 Å². The van der Waals surface area contributed by atoms with Crippen molar-refractivity contribution in [3.05, 3.63) is 53.6 Å². The van der Waals surface area contributed by atoms with Crippen molar-refractivity contribution in [2.75, 3.05) is 38.1 Å². The van der Waals surface area contributed by atoms with Gasteiger partial charge in [-0.2, -0.15) is 0 Å². The Bertz CT molecular complexity index is 1020. The predicted molar refractivity (Wildman–Crippen MR) is 121 cm³/mol. The van der Waals surface area contributed by atoms with Gasteiger partial charge in [0.05, 0.1) is 6.04 Å². The molecule has 1 N–H and O–H groups in total. The summed E-state index contributed by atoms with van der Waals surface area (Å²) < 4.78 is 11.6. The van der Waals surface area contributed by atoms with Crippen LogP contribution in [-0.2, 0) is 22.4 Å². The largest absolute Gasteiger partial charge is 0.485 e. The molecule has 2 aromatic carbocycles. The Kier molecular flexibility index (Phi) is 5.74. The minimum absolute atomic E-state index is 0.0108. The molecule has 1 aliphatic carbocycles. The summed E-state index contributed by atoms with van der Waals surface area (Å²) in [6.45, 7) is 4.57. The number of para-hydroxylation sites is 2. The molecule has 2 aromatic rings. The number of rotatable bonds is 4. The number of piperazine rings is 1. The summed E-state index contributed by atoms with van der Waals surface area (Å²) in [6.07, 6.45) is 2.78. The molecule has 32 heavy (non-hydrogen) atoms. The van der Waals surface area contributed by atoms with Crippen LogP contribution in [0, 0.1) is 0 Å². The van der Waals surface area contributed by atoms with Crippen LogP contribution in [0.5, 0.6) is 11.5 Å². The lowest BCUT2D eigenvalue weighted by Crippen LogP contribution is -2.57. The summed E-state index contributed by atoms with van der Waals surface area (Å²) in [4.78, 5) is 29.7. The van der Waals surface area contributed by atoms with Crippen molar-refractivity contribution in [2.24, 2.45) is 0 Å². The van der Waals surface area contributed by atoms with Crippen LogP contribution in [0.2, 0.25) is 0 Å². The molecule has 0 bridgehead atoms. The Labute approximate surface area is 188 Å². The molecular formula is C25H29N3O4. The molecule has 2 atom stereocenters. The summed E-state index contributed by atoms with van der Waals surface area (Å²) in [7, 11) is 0. The van der Waals surface area contributed by atoms with Gasteiger partial charge in [0.1, 0.15) is 6.61 Å². The normalized spacial score (nSPS) is 21.0. The Morgan fingerprint density at radius 2 is 1.75 bits per heavy atom. The number of fused-ring (bicyclic) bond motifs is 2. The van der Waals surface area contributed by atoms with Gasteiger partial charge in [0.25, 0.3) is 5.91 Å². The molecular weight excluding hydrogens is 406 g/mol. The van der Waals surface area contributed by atoms with E-state index in [0.717, 1.165) is 18.5 Å². The molecule has 1 fully saturated rings. The third-order valence-electron chi connectivity index (χ3n) is 6.70. The molecule has 7 heteroatoms. The van der Waals surface area contributed by atoms with E-state index in [0.29, 0.717) is 37.7 Å². The zero-order valence-corrected chi connectivity index (χ0v) is 18.4. The van der Waals surface area contributed by atoms with Crippen LogP contribution in [0.15, 0.2) is 42.5 Å². The van der Waals surface area contributed by atoms with Gasteiger partial charge in [0, 0.05) is 31.9 Å². The second-order valence-electron chi connectivity index (χ2n) is 8.73. The third kappa shape index (κ3) is 4.17. The molecule has 0 radical (unpaired) electrons. The lowest BCUT2D eigenvalue weighted by molar-refractivity contribution is -0.143. The minimum atomic E-state index is -0.628. The first-order valence-electron chi connectivity index (χ1n) is 11.4. The first kappa shape index (κ1) is 20.8. The highest BCUT2D eigenvalue weighted by molar-refractivity contribution is 5.94. The number of anilines is 1. The van der Waals surface area contributed by atoms with Gasteiger partial charge in [-0.3, -0.25) is 14.5 Å². The fourth-order valence-electron chi connectivity index (χ4n) is 4.74. The van der Waals surface area contributed by atoms with E-state index in [1.165, 1.54) is 17.5 Å². The molecule has 168 valence electrons. The molecule has 2 amide bonds. The molecule has 0 aromatic heterocycles. The number of carbonyl (C=O) groups excluding carboxylic acids is 2. The van der Waals surface area contributed by atoms with E-state index in [4.69, 9.17) is 9.47 Å². The van der Waals surface area contributed by atoms with Gasteiger partial charge in [0.2, 0.25) is 12.0 Å². The number of hydrogen-bond acceptors (Lipinski definition) is 5. The number of amides is 2.